The zero-order valence-electron chi connectivity index (χ0n) is 14.7. The molecule has 3 rings (SSSR count). The van der Waals surface area contributed by atoms with E-state index in [4.69, 9.17) is 18.9 Å². The predicted molar refractivity (Wildman–Crippen MR) is 90.7 cm³/mol. The minimum Gasteiger partial charge on any atom is -0.496 e. The third kappa shape index (κ3) is 3.22. The van der Waals surface area contributed by atoms with E-state index in [1.807, 2.05) is 44.2 Å². The third-order valence-electron chi connectivity index (χ3n) is 4.60. The van der Waals surface area contributed by atoms with Crippen molar-refractivity contribution in [2.75, 3.05) is 7.11 Å². The van der Waals surface area contributed by atoms with Gasteiger partial charge in [0.15, 0.2) is 5.79 Å². The summed E-state index contributed by atoms with van der Waals surface area (Å²) < 4.78 is 23.4. The first kappa shape index (κ1) is 17.4. The lowest BCUT2D eigenvalue weighted by molar-refractivity contribution is -0.182. The molecule has 4 atom stereocenters. The number of hydrogen-bond donors (Lipinski definition) is 1. The van der Waals surface area contributed by atoms with Crippen LogP contribution in [0.4, 0.5) is 0 Å². The maximum absolute atomic E-state index is 9.63. The van der Waals surface area contributed by atoms with Crippen molar-refractivity contribution in [2.45, 2.75) is 64.0 Å². The molecule has 2 aliphatic rings. The van der Waals surface area contributed by atoms with Gasteiger partial charge < -0.3 is 24.1 Å². The minimum absolute atomic E-state index is 0.0362. The van der Waals surface area contributed by atoms with Crippen molar-refractivity contribution in [1.82, 2.24) is 0 Å². The molecular weight excluding hydrogens is 308 g/mol. The van der Waals surface area contributed by atoms with E-state index >= 15 is 0 Å². The molecule has 2 saturated heterocycles. The van der Waals surface area contributed by atoms with Gasteiger partial charge in [0.05, 0.1) is 19.8 Å². The Labute approximate surface area is 143 Å². The fourth-order valence-corrected chi connectivity index (χ4v) is 3.50. The molecule has 5 nitrogen and oxygen atoms in total. The molecule has 0 amide bonds. The van der Waals surface area contributed by atoms with Gasteiger partial charge in [0.1, 0.15) is 24.1 Å². The molecule has 0 aliphatic carbocycles. The summed E-state index contributed by atoms with van der Waals surface area (Å²) in [4.78, 5) is 0. The van der Waals surface area contributed by atoms with E-state index in [0.29, 0.717) is 5.75 Å². The molecule has 132 valence electrons. The van der Waals surface area contributed by atoms with Crippen LogP contribution in [-0.2, 0) is 20.8 Å². The van der Waals surface area contributed by atoms with Crippen LogP contribution >= 0.6 is 0 Å². The van der Waals surface area contributed by atoms with Gasteiger partial charge in [-0.3, -0.25) is 0 Å². The van der Waals surface area contributed by atoms with Gasteiger partial charge in [-0.2, -0.15) is 0 Å². The highest BCUT2D eigenvalue weighted by Gasteiger charge is 2.53. The van der Waals surface area contributed by atoms with Gasteiger partial charge in [0.25, 0.3) is 0 Å². The van der Waals surface area contributed by atoms with Gasteiger partial charge in [0.2, 0.25) is 0 Å². The second-order valence-corrected chi connectivity index (χ2v) is 6.66. The number of aliphatic hydroxyl groups is 1. The van der Waals surface area contributed by atoms with Crippen LogP contribution < -0.4 is 4.74 Å². The van der Waals surface area contributed by atoms with E-state index in [1.165, 1.54) is 0 Å². The van der Waals surface area contributed by atoms with Crippen molar-refractivity contribution in [3.05, 3.63) is 35.4 Å². The summed E-state index contributed by atoms with van der Waals surface area (Å²) in [6.45, 7) is 5.88. The molecule has 0 saturated carbocycles. The molecule has 2 fully saturated rings. The van der Waals surface area contributed by atoms with Gasteiger partial charge in [-0.15, -0.1) is 0 Å². The van der Waals surface area contributed by atoms with Gasteiger partial charge >= 0.3 is 0 Å². The molecule has 24 heavy (non-hydrogen) atoms. The van der Waals surface area contributed by atoms with Crippen molar-refractivity contribution in [2.24, 2.45) is 0 Å². The van der Waals surface area contributed by atoms with Crippen molar-refractivity contribution in [1.29, 1.82) is 0 Å². The number of hydrogen-bond acceptors (Lipinski definition) is 5. The van der Waals surface area contributed by atoms with Gasteiger partial charge in [-0.1, -0.05) is 31.2 Å². The van der Waals surface area contributed by atoms with E-state index in [9.17, 15) is 5.11 Å². The van der Waals surface area contributed by atoms with Crippen molar-refractivity contribution < 1.29 is 24.1 Å². The Balaban J connectivity index is 1.82. The Hall–Kier alpha value is -1.40. The van der Waals surface area contributed by atoms with E-state index < -0.39 is 5.79 Å². The molecule has 0 spiro atoms. The van der Waals surface area contributed by atoms with Gasteiger partial charge in [0, 0.05) is 5.56 Å². The number of ether oxygens (including phenoxy) is 4. The maximum atomic E-state index is 9.63. The average molecular weight is 334 g/mol. The average Bonchev–Trinajstić information content (AvgIpc) is 3.05. The van der Waals surface area contributed by atoms with E-state index in [2.05, 4.69) is 6.92 Å². The highest BCUT2D eigenvalue weighted by atomic mass is 16.8. The zero-order valence-corrected chi connectivity index (χ0v) is 14.7. The molecule has 0 radical (unpaired) electrons. The smallest absolute Gasteiger partial charge is 0.164 e. The number of rotatable bonds is 5. The lowest BCUT2D eigenvalue weighted by Gasteiger charge is -2.22. The summed E-state index contributed by atoms with van der Waals surface area (Å²) in [6, 6.07) is 5.70. The Bertz CT molecular complexity index is 610. The van der Waals surface area contributed by atoms with Crippen LogP contribution in [0.2, 0.25) is 0 Å². The predicted octanol–water partition coefficient (Wildman–Crippen LogP) is 2.90. The SMILES string of the molecule is CC[C@@H]1O[C@H](/C=C/c2cccc(OC)c2CO)[C@H]2OC(C)(C)O[C@H]21. The molecule has 1 aromatic carbocycles. The van der Waals surface area contributed by atoms with Crippen LogP contribution in [0, 0.1) is 0 Å². The highest BCUT2D eigenvalue weighted by Crippen LogP contribution is 2.40. The summed E-state index contributed by atoms with van der Waals surface area (Å²) in [6.07, 6.45) is 4.56. The first-order valence-electron chi connectivity index (χ1n) is 8.45. The van der Waals surface area contributed by atoms with Gasteiger partial charge in [-0.25, -0.2) is 0 Å². The molecule has 1 N–H and O–H groups in total. The van der Waals surface area contributed by atoms with Crippen LogP contribution in [0.5, 0.6) is 5.75 Å². The normalized spacial score (nSPS) is 31.5. The van der Waals surface area contributed by atoms with Crippen molar-refractivity contribution >= 4 is 6.08 Å². The van der Waals surface area contributed by atoms with E-state index in [1.54, 1.807) is 7.11 Å². The Morgan fingerprint density at radius 1 is 1.25 bits per heavy atom. The molecule has 5 heteroatoms. The molecular formula is C19H26O5. The number of benzene rings is 1. The molecule has 2 aliphatic heterocycles. The zero-order chi connectivity index (χ0) is 17.3. The number of fused-ring (bicyclic) bond motifs is 1. The van der Waals surface area contributed by atoms with Crippen LogP contribution in [-0.4, -0.2) is 42.4 Å². The lowest BCUT2D eigenvalue weighted by atomic mass is 10.0. The molecule has 1 aromatic rings. The summed E-state index contributed by atoms with van der Waals surface area (Å²) >= 11 is 0. The van der Waals surface area contributed by atoms with E-state index in [-0.39, 0.29) is 31.0 Å². The van der Waals surface area contributed by atoms with E-state index in [0.717, 1.165) is 17.5 Å². The summed E-state index contributed by atoms with van der Waals surface area (Å²) in [7, 11) is 1.60. The molecule has 0 aromatic heterocycles. The summed E-state index contributed by atoms with van der Waals surface area (Å²) in [5.74, 6) is 0.100. The van der Waals surface area contributed by atoms with Crippen molar-refractivity contribution in [3.8, 4) is 5.75 Å². The topological polar surface area (TPSA) is 57.2 Å². The molecule has 0 bridgehead atoms. The first-order valence-corrected chi connectivity index (χ1v) is 8.45. The second-order valence-electron chi connectivity index (χ2n) is 6.66. The quantitative estimate of drug-likeness (QED) is 0.897. The van der Waals surface area contributed by atoms with Gasteiger partial charge in [-0.05, 0) is 31.9 Å². The number of aliphatic hydroxyl groups excluding tert-OH is 1. The monoisotopic (exact) mass is 334 g/mol. The Morgan fingerprint density at radius 2 is 2.00 bits per heavy atom. The van der Waals surface area contributed by atoms with Crippen molar-refractivity contribution in [3.63, 3.8) is 0 Å². The fraction of sp³-hybridized carbons (Fsp3) is 0.579. The Morgan fingerprint density at radius 3 is 2.67 bits per heavy atom. The minimum atomic E-state index is -0.579. The third-order valence-corrected chi connectivity index (χ3v) is 4.60. The largest absolute Gasteiger partial charge is 0.496 e. The maximum Gasteiger partial charge on any atom is 0.164 e. The summed E-state index contributed by atoms with van der Waals surface area (Å²) in [5, 5.41) is 9.63. The van der Waals surface area contributed by atoms with Crippen LogP contribution in [0.15, 0.2) is 24.3 Å². The fourth-order valence-electron chi connectivity index (χ4n) is 3.50. The van der Waals surface area contributed by atoms with Crippen LogP contribution in [0.1, 0.15) is 38.3 Å². The standard InChI is InChI=1S/C19H26O5/c1-5-14-17-18(24-19(2,3)23-17)16(22-14)10-9-12-7-6-8-15(21-4)13(12)11-20/h6-10,14,16-18,20H,5,11H2,1-4H3/b10-9+/t14-,16+,17-,18+/m0/s1. The second kappa shape index (κ2) is 6.84. The van der Waals surface area contributed by atoms with Crippen LogP contribution in [0.3, 0.4) is 0 Å². The highest BCUT2D eigenvalue weighted by molar-refractivity contribution is 5.58. The molecule has 2 heterocycles. The number of methoxy groups -OCH3 is 1. The lowest BCUT2D eigenvalue weighted by Crippen LogP contribution is -2.28. The summed E-state index contributed by atoms with van der Waals surface area (Å²) in [5.41, 5.74) is 1.68. The first-order chi connectivity index (χ1) is 11.5. The van der Waals surface area contributed by atoms with Crippen LogP contribution in [0.25, 0.3) is 6.08 Å². The Kier molecular flexibility index (Phi) is 4.97. The molecule has 0 unspecified atom stereocenters.